The highest BCUT2D eigenvalue weighted by Crippen LogP contribution is 2.19. The average molecular weight is 309 g/mol. The van der Waals surface area contributed by atoms with Crippen molar-refractivity contribution < 1.29 is 4.92 Å². The molecule has 8 heteroatoms. The molecule has 0 aliphatic rings. The highest BCUT2D eigenvalue weighted by Gasteiger charge is 2.06. The van der Waals surface area contributed by atoms with Gasteiger partial charge in [-0.25, -0.2) is 4.98 Å². The zero-order valence-corrected chi connectivity index (χ0v) is 11.6. The number of thiocarbonyl (C=S) groups is 1. The van der Waals surface area contributed by atoms with Crippen molar-refractivity contribution >= 4 is 46.0 Å². The first kappa shape index (κ1) is 14.2. The molecular weight excluding hydrogens is 300 g/mol. The normalized spacial score (nSPS) is 9.85. The van der Waals surface area contributed by atoms with Crippen LogP contribution in [0, 0.1) is 10.1 Å². The van der Waals surface area contributed by atoms with E-state index in [2.05, 4.69) is 15.6 Å². The number of anilines is 2. The first-order chi connectivity index (χ1) is 9.56. The number of hydrogen-bond donors (Lipinski definition) is 2. The Balaban J connectivity index is 2.01. The lowest BCUT2D eigenvalue weighted by Gasteiger charge is -2.10. The minimum atomic E-state index is -0.463. The Kier molecular flexibility index (Phi) is 4.44. The topological polar surface area (TPSA) is 80.1 Å². The minimum absolute atomic E-state index is 0.0183. The van der Waals surface area contributed by atoms with Gasteiger partial charge in [0.05, 0.1) is 10.6 Å². The first-order valence-corrected chi connectivity index (χ1v) is 6.28. The van der Waals surface area contributed by atoms with Crippen LogP contribution < -0.4 is 10.6 Å². The monoisotopic (exact) mass is 308 g/mol. The van der Waals surface area contributed by atoms with E-state index < -0.39 is 4.92 Å². The van der Waals surface area contributed by atoms with Gasteiger partial charge < -0.3 is 10.6 Å². The molecule has 102 valence electrons. The molecule has 0 aliphatic heterocycles. The Morgan fingerprint density at radius 2 is 1.95 bits per heavy atom. The summed E-state index contributed by atoms with van der Waals surface area (Å²) in [5, 5.41) is 16.9. The molecule has 1 aromatic carbocycles. The van der Waals surface area contributed by atoms with Gasteiger partial charge in [0, 0.05) is 24.0 Å². The molecule has 0 radical (unpaired) electrons. The van der Waals surface area contributed by atoms with Crippen LogP contribution in [0.4, 0.5) is 17.1 Å². The number of nitrogens with one attached hydrogen (secondary N) is 2. The van der Waals surface area contributed by atoms with Gasteiger partial charge in [0.2, 0.25) is 0 Å². The zero-order valence-electron chi connectivity index (χ0n) is 10.0. The van der Waals surface area contributed by atoms with Crippen molar-refractivity contribution in [3.05, 3.63) is 57.9 Å². The summed E-state index contributed by atoms with van der Waals surface area (Å²) in [4.78, 5) is 14.0. The Hall–Kier alpha value is -2.25. The SMILES string of the molecule is O=[N+]([O-])c1ccc(NC(=S)Nc2cccnc2Cl)cc1. The van der Waals surface area contributed by atoms with Crippen LogP contribution in [0.5, 0.6) is 0 Å². The molecular formula is C12H9ClN4O2S. The number of non-ortho nitro benzene ring substituents is 1. The second kappa shape index (κ2) is 6.27. The lowest BCUT2D eigenvalue weighted by molar-refractivity contribution is -0.384. The molecule has 2 N–H and O–H groups in total. The van der Waals surface area contributed by atoms with Crippen LogP contribution in [0.15, 0.2) is 42.6 Å². The summed E-state index contributed by atoms with van der Waals surface area (Å²) >= 11 is 11.0. The molecule has 20 heavy (non-hydrogen) atoms. The lowest BCUT2D eigenvalue weighted by atomic mass is 10.3. The number of halogens is 1. The predicted octanol–water partition coefficient (Wildman–Crippen LogP) is 3.45. The average Bonchev–Trinajstić information content (AvgIpc) is 2.42. The van der Waals surface area contributed by atoms with Gasteiger partial charge in [-0.05, 0) is 36.5 Å². The van der Waals surface area contributed by atoms with Crippen molar-refractivity contribution in [3.63, 3.8) is 0 Å². The first-order valence-electron chi connectivity index (χ1n) is 5.49. The van der Waals surface area contributed by atoms with Crippen molar-refractivity contribution in [2.75, 3.05) is 10.6 Å². The Bertz CT molecular complexity index is 648. The summed E-state index contributed by atoms with van der Waals surface area (Å²) in [6.45, 7) is 0. The zero-order chi connectivity index (χ0) is 14.5. The number of nitrogens with zero attached hydrogens (tertiary/aromatic N) is 2. The van der Waals surface area contributed by atoms with Gasteiger partial charge in [0.1, 0.15) is 0 Å². The van der Waals surface area contributed by atoms with Crippen molar-refractivity contribution in [3.8, 4) is 0 Å². The molecule has 2 aromatic rings. The largest absolute Gasteiger partial charge is 0.332 e. The van der Waals surface area contributed by atoms with Crippen LogP contribution in [-0.4, -0.2) is 15.0 Å². The van der Waals surface area contributed by atoms with Gasteiger partial charge in [0.25, 0.3) is 5.69 Å². The van der Waals surface area contributed by atoms with Crippen molar-refractivity contribution in [2.45, 2.75) is 0 Å². The van der Waals surface area contributed by atoms with E-state index >= 15 is 0 Å². The van der Waals surface area contributed by atoms with Gasteiger partial charge in [-0.3, -0.25) is 10.1 Å². The standard InChI is InChI=1S/C12H9ClN4O2S/c13-11-10(2-1-7-14-11)16-12(20)15-8-3-5-9(6-4-8)17(18)19/h1-7H,(H2,15,16,20). The second-order valence-electron chi connectivity index (χ2n) is 3.72. The fourth-order valence-corrected chi connectivity index (χ4v) is 1.82. The van der Waals surface area contributed by atoms with Crippen molar-refractivity contribution in [2.24, 2.45) is 0 Å². The van der Waals surface area contributed by atoms with Gasteiger partial charge in [-0.1, -0.05) is 11.6 Å². The van der Waals surface area contributed by atoms with Gasteiger partial charge in [-0.2, -0.15) is 0 Å². The van der Waals surface area contributed by atoms with Crippen LogP contribution in [0.2, 0.25) is 5.15 Å². The number of rotatable bonds is 3. The molecule has 0 bridgehead atoms. The number of hydrogen-bond acceptors (Lipinski definition) is 4. The van der Waals surface area contributed by atoms with E-state index in [1.54, 1.807) is 30.5 Å². The number of nitro benzene ring substituents is 1. The summed E-state index contributed by atoms with van der Waals surface area (Å²) in [6, 6.07) is 9.37. The van der Waals surface area contributed by atoms with Crippen molar-refractivity contribution in [1.82, 2.24) is 4.98 Å². The maximum absolute atomic E-state index is 10.5. The van der Waals surface area contributed by atoms with Crippen molar-refractivity contribution in [1.29, 1.82) is 0 Å². The highest BCUT2D eigenvalue weighted by atomic mass is 35.5. The molecule has 0 fully saturated rings. The lowest BCUT2D eigenvalue weighted by Crippen LogP contribution is -2.19. The van der Waals surface area contributed by atoms with Gasteiger partial charge >= 0.3 is 0 Å². The van der Waals surface area contributed by atoms with Crippen LogP contribution in [0.1, 0.15) is 0 Å². The molecule has 0 saturated heterocycles. The van der Waals surface area contributed by atoms with E-state index in [1.807, 2.05) is 0 Å². The summed E-state index contributed by atoms with van der Waals surface area (Å²) < 4.78 is 0. The molecule has 0 unspecified atom stereocenters. The van der Waals surface area contributed by atoms with Gasteiger partial charge in [0.15, 0.2) is 10.3 Å². The molecule has 0 spiro atoms. The fraction of sp³-hybridized carbons (Fsp3) is 0. The molecule has 2 rings (SSSR count). The van der Waals surface area contributed by atoms with E-state index in [1.165, 1.54) is 12.1 Å². The summed E-state index contributed by atoms with van der Waals surface area (Å²) in [6.07, 6.45) is 1.57. The number of aromatic nitrogens is 1. The quantitative estimate of drug-likeness (QED) is 0.391. The van der Waals surface area contributed by atoms with E-state index in [9.17, 15) is 10.1 Å². The number of nitro groups is 1. The molecule has 0 saturated carbocycles. The Morgan fingerprint density at radius 3 is 2.55 bits per heavy atom. The van der Waals surface area contributed by atoms with Gasteiger partial charge in [-0.15, -0.1) is 0 Å². The molecule has 1 aromatic heterocycles. The minimum Gasteiger partial charge on any atom is -0.332 e. The van der Waals surface area contributed by atoms with E-state index in [0.29, 0.717) is 21.6 Å². The smallest absolute Gasteiger partial charge is 0.269 e. The molecule has 0 amide bonds. The Morgan fingerprint density at radius 1 is 1.25 bits per heavy atom. The van der Waals surface area contributed by atoms with Crippen LogP contribution >= 0.6 is 23.8 Å². The second-order valence-corrected chi connectivity index (χ2v) is 4.49. The predicted molar refractivity (Wildman–Crippen MR) is 82.2 cm³/mol. The van der Waals surface area contributed by atoms with Crippen LogP contribution in [-0.2, 0) is 0 Å². The molecule has 0 aliphatic carbocycles. The fourth-order valence-electron chi connectivity index (χ4n) is 1.43. The van der Waals surface area contributed by atoms with Crippen LogP contribution in [0.3, 0.4) is 0 Å². The summed E-state index contributed by atoms with van der Waals surface area (Å²) in [5.41, 5.74) is 1.23. The third-order valence-corrected chi connectivity index (χ3v) is 2.85. The third kappa shape index (κ3) is 3.62. The van der Waals surface area contributed by atoms with E-state index in [4.69, 9.17) is 23.8 Å². The van der Waals surface area contributed by atoms with E-state index in [-0.39, 0.29) is 5.69 Å². The number of benzene rings is 1. The van der Waals surface area contributed by atoms with E-state index in [0.717, 1.165) is 0 Å². The van der Waals surface area contributed by atoms with Crippen LogP contribution in [0.25, 0.3) is 0 Å². The molecule has 6 nitrogen and oxygen atoms in total. The molecule has 0 atom stereocenters. The Labute approximate surface area is 124 Å². The summed E-state index contributed by atoms with van der Waals surface area (Å²) in [7, 11) is 0. The maximum atomic E-state index is 10.5. The summed E-state index contributed by atoms with van der Waals surface area (Å²) in [5.74, 6) is 0. The maximum Gasteiger partial charge on any atom is 0.269 e. The molecule has 1 heterocycles. The number of pyridine rings is 1. The third-order valence-electron chi connectivity index (χ3n) is 2.34. The highest BCUT2D eigenvalue weighted by molar-refractivity contribution is 7.80.